The van der Waals surface area contributed by atoms with E-state index in [1.54, 1.807) is 24.3 Å². The van der Waals surface area contributed by atoms with Crippen LogP contribution in [0.25, 0.3) is 0 Å². The first-order valence-electron chi connectivity index (χ1n) is 9.91. The zero-order valence-corrected chi connectivity index (χ0v) is 18.1. The van der Waals surface area contributed by atoms with Gasteiger partial charge in [0.2, 0.25) is 0 Å². The number of esters is 1. The van der Waals surface area contributed by atoms with Crippen molar-refractivity contribution in [1.82, 2.24) is 0 Å². The first-order valence-corrected chi connectivity index (χ1v) is 9.91. The van der Waals surface area contributed by atoms with Crippen molar-refractivity contribution in [3.05, 3.63) is 94.0 Å². The average Bonchev–Trinajstić information content (AvgIpc) is 2.85. The lowest BCUT2D eigenvalue weighted by atomic mass is 10.1. The average molecular weight is 450 g/mol. The summed E-state index contributed by atoms with van der Waals surface area (Å²) in [5.74, 6) is -1.29. The minimum Gasteiger partial charge on any atom is -0.493 e. The van der Waals surface area contributed by atoms with Crippen molar-refractivity contribution >= 4 is 23.3 Å². The summed E-state index contributed by atoms with van der Waals surface area (Å²) in [4.78, 5) is 37.9. The fraction of sp³-hybridized carbons (Fsp3) is 0.167. The Bertz CT molecular complexity index is 1130. The predicted molar refractivity (Wildman–Crippen MR) is 121 cm³/mol. The van der Waals surface area contributed by atoms with Crippen LogP contribution in [0.15, 0.2) is 72.8 Å². The maximum absolute atomic E-state index is 13.0. The third-order valence-corrected chi connectivity index (χ3v) is 4.80. The van der Waals surface area contributed by atoms with E-state index < -0.39 is 29.1 Å². The van der Waals surface area contributed by atoms with E-state index in [-0.39, 0.29) is 23.6 Å². The molecule has 33 heavy (non-hydrogen) atoms. The lowest BCUT2D eigenvalue weighted by Crippen LogP contribution is -2.34. The zero-order chi connectivity index (χ0) is 23.8. The SMILES string of the molecule is COc1cc(C(=O)OCC(=O)N(Cc2ccccc2)c2ccccc2)c([N+](=O)[O-])cc1OC. The van der Waals surface area contributed by atoms with Crippen molar-refractivity contribution in [2.45, 2.75) is 6.54 Å². The number of nitro groups is 1. The van der Waals surface area contributed by atoms with E-state index in [4.69, 9.17) is 14.2 Å². The van der Waals surface area contributed by atoms with E-state index in [0.717, 1.165) is 17.7 Å². The van der Waals surface area contributed by atoms with Gasteiger partial charge in [-0.05, 0) is 17.7 Å². The summed E-state index contributed by atoms with van der Waals surface area (Å²) in [7, 11) is 2.66. The number of carbonyl (C=O) groups is 2. The summed E-state index contributed by atoms with van der Waals surface area (Å²) in [5, 5.41) is 11.5. The number of nitrogens with zero attached hydrogens (tertiary/aromatic N) is 2. The third kappa shape index (κ3) is 5.65. The van der Waals surface area contributed by atoms with Gasteiger partial charge < -0.3 is 19.1 Å². The van der Waals surface area contributed by atoms with Gasteiger partial charge in [-0.15, -0.1) is 0 Å². The van der Waals surface area contributed by atoms with Crippen LogP contribution >= 0.6 is 0 Å². The van der Waals surface area contributed by atoms with Crippen LogP contribution in [0.3, 0.4) is 0 Å². The Kier molecular flexibility index (Phi) is 7.59. The largest absolute Gasteiger partial charge is 0.493 e. The molecule has 0 aliphatic rings. The fourth-order valence-electron chi connectivity index (χ4n) is 3.16. The van der Waals surface area contributed by atoms with E-state index in [0.29, 0.717) is 5.69 Å². The van der Waals surface area contributed by atoms with Gasteiger partial charge in [-0.25, -0.2) is 4.79 Å². The molecule has 170 valence electrons. The first kappa shape index (κ1) is 23.3. The Morgan fingerprint density at radius 2 is 1.48 bits per heavy atom. The van der Waals surface area contributed by atoms with E-state index in [1.165, 1.54) is 19.1 Å². The van der Waals surface area contributed by atoms with E-state index >= 15 is 0 Å². The Morgan fingerprint density at radius 3 is 2.06 bits per heavy atom. The highest BCUT2D eigenvalue weighted by atomic mass is 16.6. The third-order valence-electron chi connectivity index (χ3n) is 4.80. The lowest BCUT2D eigenvalue weighted by molar-refractivity contribution is -0.385. The molecule has 0 radical (unpaired) electrons. The fourth-order valence-corrected chi connectivity index (χ4v) is 3.16. The number of ether oxygens (including phenoxy) is 3. The molecule has 0 heterocycles. The van der Waals surface area contributed by atoms with E-state index in [2.05, 4.69) is 0 Å². The zero-order valence-electron chi connectivity index (χ0n) is 18.1. The molecular weight excluding hydrogens is 428 g/mol. The molecule has 0 aromatic heterocycles. The van der Waals surface area contributed by atoms with Crippen LogP contribution in [0.5, 0.6) is 11.5 Å². The summed E-state index contributed by atoms with van der Waals surface area (Å²) in [5.41, 5.74) is 0.644. The molecule has 0 aliphatic carbocycles. The van der Waals surface area contributed by atoms with Crippen molar-refractivity contribution in [2.75, 3.05) is 25.7 Å². The first-order chi connectivity index (χ1) is 15.9. The Morgan fingerprint density at radius 1 is 0.909 bits per heavy atom. The summed E-state index contributed by atoms with van der Waals surface area (Å²) in [6, 6.07) is 20.5. The number of rotatable bonds is 9. The smallest absolute Gasteiger partial charge is 0.345 e. The van der Waals surface area contributed by atoms with Crippen LogP contribution in [0.1, 0.15) is 15.9 Å². The van der Waals surface area contributed by atoms with Gasteiger partial charge >= 0.3 is 5.97 Å². The van der Waals surface area contributed by atoms with Crippen LogP contribution in [0.2, 0.25) is 0 Å². The molecule has 9 nitrogen and oxygen atoms in total. The van der Waals surface area contributed by atoms with E-state index in [9.17, 15) is 19.7 Å². The number of nitro benzene ring substituents is 1. The number of para-hydroxylation sites is 1. The predicted octanol–water partition coefficient (Wildman–Crippen LogP) is 4.00. The highest BCUT2D eigenvalue weighted by molar-refractivity contribution is 5.99. The minimum atomic E-state index is -1.02. The normalized spacial score (nSPS) is 10.2. The molecular formula is C24H22N2O7. The van der Waals surface area contributed by atoms with Gasteiger partial charge in [-0.3, -0.25) is 14.9 Å². The summed E-state index contributed by atoms with van der Waals surface area (Å²) in [6.07, 6.45) is 0. The van der Waals surface area contributed by atoms with Gasteiger partial charge in [0.1, 0.15) is 5.56 Å². The number of anilines is 1. The standard InChI is InChI=1S/C24H22N2O7/c1-31-21-13-19(20(26(29)30)14-22(21)32-2)24(28)33-16-23(27)25(18-11-7-4-8-12-18)15-17-9-5-3-6-10-17/h3-14H,15-16H2,1-2H3. The Hall–Kier alpha value is -4.40. The number of methoxy groups -OCH3 is 2. The van der Waals surface area contributed by atoms with Gasteiger partial charge in [0.15, 0.2) is 18.1 Å². The Labute approximate surface area is 190 Å². The molecule has 0 N–H and O–H groups in total. The molecule has 0 saturated heterocycles. The minimum absolute atomic E-state index is 0.0925. The highest BCUT2D eigenvalue weighted by Crippen LogP contribution is 2.34. The number of hydrogen-bond acceptors (Lipinski definition) is 7. The van der Waals surface area contributed by atoms with Crippen LogP contribution in [-0.4, -0.2) is 37.6 Å². The molecule has 0 spiro atoms. The number of benzene rings is 3. The highest BCUT2D eigenvalue weighted by Gasteiger charge is 2.27. The molecule has 0 aliphatic heterocycles. The van der Waals surface area contributed by atoms with Crippen LogP contribution < -0.4 is 14.4 Å². The van der Waals surface area contributed by atoms with Crippen molar-refractivity contribution < 1.29 is 28.7 Å². The van der Waals surface area contributed by atoms with Crippen molar-refractivity contribution in [2.24, 2.45) is 0 Å². The molecule has 0 unspecified atom stereocenters. The second kappa shape index (κ2) is 10.8. The monoisotopic (exact) mass is 450 g/mol. The molecule has 0 saturated carbocycles. The van der Waals surface area contributed by atoms with Crippen LogP contribution in [-0.2, 0) is 16.1 Å². The molecule has 1 amide bonds. The summed E-state index contributed by atoms with van der Waals surface area (Å²) < 4.78 is 15.3. The number of amides is 1. The molecule has 0 fully saturated rings. The summed E-state index contributed by atoms with van der Waals surface area (Å²) in [6.45, 7) is -0.343. The quantitative estimate of drug-likeness (QED) is 0.275. The molecule has 0 bridgehead atoms. The van der Waals surface area contributed by atoms with Gasteiger partial charge in [0.05, 0.1) is 31.8 Å². The Balaban J connectivity index is 1.81. The maximum atomic E-state index is 13.0. The molecule has 3 aromatic carbocycles. The van der Waals surface area contributed by atoms with Gasteiger partial charge in [0.25, 0.3) is 11.6 Å². The van der Waals surface area contributed by atoms with Gasteiger partial charge in [0, 0.05) is 11.8 Å². The molecule has 3 rings (SSSR count). The molecule has 0 atom stereocenters. The van der Waals surface area contributed by atoms with Crippen LogP contribution in [0, 0.1) is 10.1 Å². The summed E-state index contributed by atoms with van der Waals surface area (Å²) >= 11 is 0. The maximum Gasteiger partial charge on any atom is 0.345 e. The van der Waals surface area contributed by atoms with Crippen LogP contribution in [0.4, 0.5) is 11.4 Å². The van der Waals surface area contributed by atoms with Crippen molar-refractivity contribution in [3.63, 3.8) is 0 Å². The number of hydrogen-bond donors (Lipinski definition) is 0. The van der Waals surface area contributed by atoms with Gasteiger partial charge in [-0.2, -0.15) is 0 Å². The van der Waals surface area contributed by atoms with Crippen molar-refractivity contribution in [1.29, 1.82) is 0 Å². The van der Waals surface area contributed by atoms with Gasteiger partial charge in [-0.1, -0.05) is 48.5 Å². The second-order valence-corrected chi connectivity index (χ2v) is 6.86. The lowest BCUT2D eigenvalue weighted by Gasteiger charge is -2.23. The van der Waals surface area contributed by atoms with E-state index in [1.807, 2.05) is 36.4 Å². The van der Waals surface area contributed by atoms with Crippen molar-refractivity contribution in [3.8, 4) is 11.5 Å². The number of carbonyl (C=O) groups excluding carboxylic acids is 2. The molecule has 9 heteroatoms. The molecule has 3 aromatic rings. The second-order valence-electron chi connectivity index (χ2n) is 6.86. The topological polar surface area (TPSA) is 108 Å².